The van der Waals surface area contributed by atoms with Crippen LogP contribution in [0.15, 0.2) is 76.2 Å². The molecule has 0 radical (unpaired) electrons. The Labute approximate surface area is 237 Å². The maximum absolute atomic E-state index is 13.9. The minimum absolute atomic E-state index is 0.132. The molecule has 0 saturated heterocycles. The number of nitrogens with zero attached hydrogens (tertiary/aromatic N) is 3. The molecular weight excluding hydrogens is 534 g/mol. The Hall–Kier alpha value is -3.62. The molecule has 1 aliphatic heterocycles. The molecule has 0 saturated carbocycles. The fraction of sp³-hybridized carbons (Fsp3) is 0.300. The van der Waals surface area contributed by atoms with Crippen LogP contribution in [0.3, 0.4) is 0 Å². The van der Waals surface area contributed by atoms with Crippen molar-refractivity contribution in [1.29, 1.82) is 0 Å². The van der Waals surface area contributed by atoms with Crippen molar-refractivity contribution in [3.8, 4) is 11.5 Å². The van der Waals surface area contributed by atoms with Gasteiger partial charge < -0.3 is 14.4 Å². The lowest BCUT2D eigenvalue weighted by atomic mass is 9.94. The Morgan fingerprint density at radius 1 is 1.13 bits per heavy atom. The molecule has 204 valence electrons. The standard InChI is InChI=1S/C30H32ClN3O4S/c1-6-16-38-23-15-10-20(17-24(23)37-9-4)18-25-28(35)34-27(21-11-13-22(31)14-12-21)26(19(5)32-30(34)39-25)29(36)33(7-2)8-3/h6,10-15,17-18,27H,1,7-9,16H2,2-5H3/b25-18+/t27-/m1/s1. The highest BCUT2D eigenvalue weighted by Gasteiger charge is 2.34. The highest BCUT2D eigenvalue weighted by molar-refractivity contribution is 7.07. The van der Waals surface area contributed by atoms with Gasteiger partial charge in [-0.3, -0.25) is 14.2 Å². The molecule has 0 aliphatic carbocycles. The third kappa shape index (κ3) is 5.87. The summed E-state index contributed by atoms with van der Waals surface area (Å²) >= 11 is 7.46. The van der Waals surface area contributed by atoms with Crippen molar-refractivity contribution in [3.63, 3.8) is 0 Å². The first-order valence-corrected chi connectivity index (χ1v) is 14.1. The number of likely N-dealkylation sites (N-methyl/N-ethyl adjacent to an activating group) is 1. The van der Waals surface area contributed by atoms with E-state index in [2.05, 4.69) is 6.58 Å². The number of rotatable bonds is 10. The molecule has 9 heteroatoms. The molecule has 39 heavy (non-hydrogen) atoms. The summed E-state index contributed by atoms with van der Waals surface area (Å²) in [5, 5.41) is 0.578. The van der Waals surface area contributed by atoms with E-state index in [4.69, 9.17) is 26.1 Å². The van der Waals surface area contributed by atoms with Crippen LogP contribution in [0.1, 0.15) is 44.9 Å². The molecular formula is C30H32ClN3O4S. The van der Waals surface area contributed by atoms with Crippen LogP contribution in [0.5, 0.6) is 11.5 Å². The Bertz CT molecular complexity index is 1580. The van der Waals surface area contributed by atoms with E-state index in [9.17, 15) is 9.59 Å². The van der Waals surface area contributed by atoms with Gasteiger partial charge in [0.2, 0.25) is 0 Å². The van der Waals surface area contributed by atoms with Gasteiger partial charge in [-0.15, -0.1) is 0 Å². The van der Waals surface area contributed by atoms with Crippen molar-refractivity contribution in [3.05, 3.63) is 102 Å². The molecule has 1 atom stereocenters. The van der Waals surface area contributed by atoms with E-state index in [1.807, 2.05) is 64.1 Å². The summed E-state index contributed by atoms with van der Waals surface area (Å²) in [5.41, 5.74) is 2.44. The quantitative estimate of drug-likeness (QED) is 0.333. The zero-order valence-electron chi connectivity index (χ0n) is 22.6. The Balaban J connectivity index is 1.88. The van der Waals surface area contributed by atoms with Crippen LogP contribution in [0.2, 0.25) is 5.02 Å². The monoisotopic (exact) mass is 565 g/mol. The minimum atomic E-state index is -0.623. The summed E-state index contributed by atoms with van der Waals surface area (Å²) in [6, 6.07) is 12.2. The van der Waals surface area contributed by atoms with Gasteiger partial charge in [0.1, 0.15) is 6.61 Å². The number of ether oxygens (including phenoxy) is 2. The van der Waals surface area contributed by atoms with E-state index in [1.165, 1.54) is 11.3 Å². The van der Waals surface area contributed by atoms with Crippen LogP contribution in [0.4, 0.5) is 0 Å². The molecule has 1 aromatic heterocycles. The van der Waals surface area contributed by atoms with Gasteiger partial charge in [-0.25, -0.2) is 4.99 Å². The van der Waals surface area contributed by atoms with Crippen molar-refractivity contribution in [2.24, 2.45) is 4.99 Å². The number of benzene rings is 2. The second-order valence-corrected chi connectivity index (χ2v) is 10.3. The van der Waals surface area contributed by atoms with E-state index in [0.29, 0.717) is 63.4 Å². The van der Waals surface area contributed by atoms with E-state index >= 15 is 0 Å². The average molecular weight is 566 g/mol. The third-order valence-corrected chi connectivity index (χ3v) is 7.65. The summed E-state index contributed by atoms with van der Waals surface area (Å²) in [7, 11) is 0. The van der Waals surface area contributed by atoms with Gasteiger partial charge in [0.15, 0.2) is 16.3 Å². The van der Waals surface area contributed by atoms with Gasteiger partial charge in [0, 0.05) is 18.1 Å². The van der Waals surface area contributed by atoms with Crippen LogP contribution in [-0.2, 0) is 4.79 Å². The normalized spacial score (nSPS) is 15.0. The first kappa shape index (κ1) is 28.4. The topological polar surface area (TPSA) is 73.1 Å². The third-order valence-electron chi connectivity index (χ3n) is 6.41. The predicted octanol–water partition coefficient (Wildman–Crippen LogP) is 4.72. The molecule has 0 N–H and O–H groups in total. The maximum atomic E-state index is 13.9. The predicted molar refractivity (Wildman–Crippen MR) is 156 cm³/mol. The number of halogens is 1. The lowest BCUT2D eigenvalue weighted by Crippen LogP contribution is -2.43. The highest BCUT2D eigenvalue weighted by atomic mass is 35.5. The van der Waals surface area contributed by atoms with E-state index in [-0.39, 0.29) is 11.5 Å². The van der Waals surface area contributed by atoms with Gasteiger partial charge in [-0.05, 0) is 69.2 Å². The first-order chi connectivity index (χ1) is 18.8. The fourth-order valence-electron chi connectivity index (χ4n) is 4.54. The molecule has 7 nitrogen and oxygen atoms in total. The van der Waals surface area contributed by atoms with Crippen molar-refractivity contribution in [2.45, 2.75) is 33.7 Å². The molecule has 2 aromatic carbocycles. The van der Waals surface area contributed by atoms with Crippen LogP contribution >= 0.6 is 22.9 Å². The Morgan fingerprint density at radius 2 is 1.85 bits per heavy atom. The number of aromatic nitrogens is 1. The lowest BCUT2D eigenvalue weighted by Gasteiger charge is -2.29. The summed E-state index contributed by atoms with van der Waals surface area (Å²) in [5.74, 6) is 1.06. The number of allylic oxidation sites excluding steroid dienone is 1. The molecule has 2 heterocycles. The van der Waals surface area contributed by atoms with Crippen LogP contribution in [0, 0.1) is 0 Å². The summed E-state index contributed by atoms with van der Waals surface area (Å²) in [6.07, 6.45) is 3.48. The largest absolute Gasteiger partial charge is 0.490 e. The Kier molecular flexibility index (Phi) is 9.09. The molecule has 1 amide bonds. The maximum Gasteiger partial charge on any atom is 0.271 e. The summed E-state index contributed by atoms with van der Waals surface area (Å²) in [4.78, 5) is 34.6. The Morgan fingerprint density at radius 3 is 2.49 bits per heavy atom. The second kappa shape index (κ2) is 12.5. The van der Waals surface area contributed by atoms with Crippen LogP contribution in [-0.4, -0.2) is 41.7 Å². The smallest absolute Gasteiger partial charge is 0.271 e. The molecule has 4 rings (SSSR count). The van der Waals surface area contributed by atoms with Gasteiger partial charge in [0.05, 0.1) is 28.5 Å². The minimum Gasteiger partial charge on any atom is -0.490 e. The molecule has 0 unspecified atom stereocenters. The first-order valence-electron chi connectivity index (χ1n) is 12.9. The average Bonchev–Trinajstić information content (AvgIpc) is 3.22. The molecule has 3 aromatic rings. The van der Waals surface area contributed by atoms with Gasteiger partial charge in [0.25, 0.3) is 11.5 Å². The molecule has 0 fully saturated rings. The zero-order chi connectivity index (χ0) is 28.1. The number of thiazole rings is 1. The number of carbonyl (C=O) groups excluding carboxylic acids is 1. The van der Waals surface area contributed by atoms with Crippen molar-refractivity contribution >= 4 is 34.9 Å². The fourth-order valence-corrected chi connectivity index (χ4v) is 5.71. The van der Waals surface area contributed by atoms with Crippen molar-refractivity contribution in [2.75, 3.05) is 26.3 Å². The van der Waals surface area contributed by atoms with Crippen LogP contribution < -0.4 is 24.4 Å². The van der Waals surface area contributed by atoms with Gasteiger partial charge in [-0.2, -0.15) is 0 Å². The number of hydrogen-bond donors (Lipinski definition) is 0. The van der Waals surface area contributed by atoms with Crippen LogP contribution in [0.25, 0.3) is 6.08 Å². The van der Waals surface area contributed by atoms with Crippen molar-refractivity contribution < 1.29 is 14.3 Å². The lowest BCUT2D eigenvalue weighted by molar-refractivity contribution is -0.127. The molecule has 0 bridgehead atoms. The van der Waals surface area contributed by atoms with E-state index in [1.54, 1.807) is 27.7 Å². The van der Waals surface area contributed by atoms with E-state index in [0.717, 1.165) is 11.1 Å². The summed E-state index contributed by atoms with van der Waals surface area (Å²) < 4.78 is 13.6. The zero-order valence-corrected chi connectivity index (χ0v) is 24.1. The summed E-state index contributed by atoms with van der Waals surface area (Å²) in [6.45, 7) is 13.2. The molecule has 0 spiro atoms. The highest BCUT2D eigenvalue weighted by Crippen LogP contribution is 2.32. The molecule has 1 aliphatic rings. The number of amides is 1. The SMILES string of the molecule is C=CCOc1ccc(/C=c2/sc3n(c2=O)[C@H](c2ccc(Cl)cc2)C(C(=O)N(CC)CC)=C(C)N=3)cc1OCC. The van der Waals surface area contributed by atoms with Gasteiger partial charge >= 0.3 is 0 Å². The van der Waals surface area contributed by atoms with Gasteiger partial charge in [-0.1, -0.05) is 53.8 Å². The second-order valence-electron chi connectivity index (χ2n) is 8.85. The van der Waals surface area contributed by atoms with E-state index < -0.39 is 6.04 Å². The number of hydrogen-bond acceptors (Lipinski definition) is 6. The van der Waals surface area contributed by atoms with Crippen molar-refractivity contribution in [1.82, 2.24) is 9.47 Å². The number of carbonyl (C=O) groups is 1. The number of fused-ring (bicyclic) bond motifs is 1.